The molecule has 0 spiro atoms. The molecule has 0 amide bonds. The standard InChI is InChI=1S/C15H14O/c16-12-15(14-9-5-2-6-10-14)11-13-7-3-1-4-8-13/h1-11,16H,12H2/b15-11-. The Bertz CT molecular complexity index is 457. The average Bonchev–Trinajstić information content (AvgIpc) is 2.38. The topological polar surface area (TPSA) is 20.2 Å². The molecule has 1 nitrogen and oxygen atoms in total. The van der Waals surface area contributed by atoms with Crippen molar-refractivity contribution in [1.29, 1.82) is 0 Å². The van der Waals surface area contributed by atoms with Gasteiger partial charge < -0.3 is 5.11 Å². The number of aliphatic hydroxyl groups is 1. The van der Waals surface area contributed by atoms with Crippen LogP contribution in [0.15, 0.2) is 60.7 Å². The van der Waals surface area contributed by atoms with Crippen molar-refractivity contribution in [3.63, 3.8) is 0 Å². The zero-order chi connectivity index (χ0) is 11.2. The van der Waals surface area contributed by atoms with Crippen molar-refractivity contribution < 1.29 is 5.11 Å². The molecule has 0 atom stereocenters. The number of rotatable bonds is 3. The van der Waals surface area contributed by atoms with Crippen molar-refractivity contribution in [2.24, 2.45) is 0 Å². The van der Waals surface area contributed by atoms with Crippen LogP contribution in [-0.2, 0) is 0 Å². The van der Waals surface area contributed by atoms with Crippen LogP contribution in [0.2, 0.25) is 0 Å². The van der Waals surface area contributed by atoms with E-state index in [0.29, 0.717) is 0 Å². The molecule has 0 saturated heterocycles. The summed E-state index contributed by atoms with van der Waals surface area (Å²) in [5.41, 5.74) is 3.11. The third-order valence-electron chi connectivity index (χ3n) is 2.46. The molecule has 0 aliphatic heterocycles. The van der Waals surface area contributed by atoms with Gasteiger partial charge in [0.25, 0.3) is 0 Å². The number of aliphatic hydroxyl groups excluding tert-OH is 1. The molecule has 2 aromatic rings. The molecule has 0 unspecified atom stereocenters. The fraction of sp³-hybridized carbons (Fsp3) is 0.0667. The molecule has 0 heterocycles. The Kier molecular flexibility index (Phi) is 3.52. The third-order valence-corrected chi connectivity index (χ3v) is 2.46. The quantitative estimate of drug-likeness (QED) is 0.771. The minimum absolute atomic E-state index is 0.0545. The Morgan fingerprint density at radius 2 is 1.44 bits per heavy atom. The van der Waals surface area contributed by atoms with Gasteiger partial charge in [0.2, 0.25) is 0 Å². The molecule has 0 aliphatic carbocycles. The Morgan fingerprint density at radius 3 is 2.00 bits per heavy atom. The monoisotopic (exact) mass is 210 g/mol. The maximum absolute atomic E-state index is 9.37. The summed E-state index contributed by atoms with van der Waals surface area (Å²) in [6, 6.07) is 20.0. The smallest absolute Gasteiger partial charge is 0.0687 e. The van der Waals surface area contributed by atoms with Crippen molar-refractivity contribution in [1.82, 2.24) is 0 Å². The summed E-state index contributed by atoms with van der Waals surface area (Å²) in [5.74, 6) is 0. The summed E-state index contributed by atoms with van der Waals surface area (Å²) < 4.78 is 0. The fourth-order valence-corrected chi connectivity index (χ4v) is 1.62. The molecule has 1 heteroatoms. The number of hydrogen-bond donors (Lipinski definition) is 1. The summed E-state index contributed by atoms with van der Waals surface area (Å²) >= 11 is 0. The van der Waals surface area contributed by atoms with E-state index in [0.717, 1.165) is 16.7 Å². The summed E-state index contributed by atoms with van der Waals surface area (Å²) in [6.07, 6.45) is 2.01. The van der Waals surface area contributed by atoms with Gasteiger partial charge in [0, 0.05) is 0 Å². The molecule has 0 aliphatic rings. The minimum Gasteiger partial charge on any atom is -0.392 e. The highest BCUT2D eigenvalue weighted by atomic mass is 16.3. The lowest BCUT2D eigenvalue weighted by molar-refractivity contribution is 0.351. The number of hydrogen-bond acceptors (Lipinski definition) is 1. The summed E-state index contributed by atoms with van der Waals surface area (Å²) in [5, 5.41) is 9.37. The van der Waals surface area contributed by atoms with Crippen molar-refractivity contribution in [3.05, 3.63) is 71.8 Å². The molecule has 80 valence electrons. The Labute approximate surface area is 95.7 Å². The Morgan fingerprint density at radius 1 is 0.875 bits per heavy atom. The van der Waals surface area contributed by atoms with Crippen molar-refractivity contribution in [3.8, 4) is 0 Å². The van der Waals surface area contributed by atoms with Gasteiger partial charge in [0.15, 0.2) is 0 Å². The first-order valence-corrected chi connectivity index (χ1v) is 5.32. The van der Waals surface area contributed by atoms with Crippen molar-refractivity contribution in [2.45, 2.75) is 0 Å². The van der Waals surface area contributed by atoms with E-state index in [4.69, 9.17) is 0 Å². The fourth-order valence-electron chi connectivity index (χ4n) is 1.62. The largest absolute Gasteiger partial charge is 0.392 e. The second-order valence-electron chi connectivity index (χ2n) is 3.60. The van der Waals surface area contributed by atoms with Gasteiger partial charge in [-0.1, -0.05) is 60.7 Å². The van der Waals surface area contributed by atoms with Gasteiger partial charge in [-0.3, -0.25) is 0 Å². The lowest BCUT2D eigenvalue weighted by Gasteiger charge is -2.04. The van der Waals surface area contributed by atoms with Crippen LogP contribution in [-0.4, -0.2) is 11.7 Å². The molecule has 0 bridgehead atoms. The van der Waals surface area contributed by atoms with Gasteiger partial charge in [-0.25, -0.2) is 0 Å². The van der Waals surface area contributed by atoms with Crippen LogP contribution in [0.3, 0.4) is 0 Å². The zero-order valence-corrected chi connectivity index (χ0v) is 9.01. The van der Waals surface area contributed by atoms with Gasteiger partial charge >= 0.3 is 0 Å². The average molecular weight is 210 g/mol. The lowest BCUT2D eigenvalue weighted by Crippen LogP contribution is -1.89. The van der Waals surface area contributed by atoms with E-state index in [1.165, 1.54) is 0 Å². The van der Waals surface area contributed by atoms with E-state index in [9.17, 15) is 5.11 Å². The van der Waals surface area contributed by atoms with E-state index < -0.39 is 0 Å². The van der Waals surface area contributed by atoms with Crippen LogP contribution in [0.5, 0.6) is 0 Å². The van der Waals surface area contributed by atoms with Crippen LogP contribution >= 0.6 is 0 Å². The van der Waals surface area contributed by atoms with Crippen LogP contribution in [0.25, 0.3) is 11.6 Å². The van der Waals surface area contributed by atoms with Gasteiger partial charge in [-0.15, -0.1) is 0 Å². The predicted molar refractivity (Wildman–Crippen MR) is 67.8 cm³/mol. The molecule has 0 radical (unpaired) electrons. The van der Waals surface area contributed by atoms with E-state index >= 15 is 0 Å². The first-order valence-electron chi connectivity index (χ1n) is 5.32. The Hall–Kier alpha value is -1.86. The molecule has 0 aromatic heterocycles. The van der Waals surface area contributed by atoms with E-state index in [2.05, 4.69) is 0 Å². The van der Waals surface area contributed by atoms with Crippen molar-refractivity contribution >= 4 is 11.6 Å². The summed E-state index contributed by atoms with van der Waals surface area (Å²) in [7, 11) is 0. The van der Waals surface area contributed by atoms with E-state index in [1.807, 2.05) is 66.7 Å². The summed E-state index contributed by atoms with van der Waals surface area (Å²) in [6.45, 7) is 0.0545. The molecule has 2 rings (SSSR count). The van der Waals surface area contributed by atoms with Gasteiger partial charge in [-0.05, 0) is 22.8 Å². The van der Waals surface area contributed by atoms with Crippen LogP contribution in [0.4, 0.5) is 0 Å². The maximum atomic E-state index is 9.37. The highest BCUT2D eigenvalue weighted by Crippen LogP contribution is 2.17. The normalized spacial score (nSPS) is 11.4. The second kappa shape index (κ2) is 5.29. The molecule has 0 fully saturated rings. The molecule has 16 heavy (non-hydrogen) atoms. The number of benzene rings is 2. The maximum Gasteiger partial charge on any atom is 0.0687 e. The van der Waals surface area contributed by atoms with E-state index in [-0.39, 0.29) is 6.61 Å². The molecule has 2 aromatic carbocycles. The Balaban J connectivity index is 2.34. The zero-order valence-electron chi connectivity index (χ0n) is 9.01. The lowest BCUT2D eigenvalue weighted by atomic mass is 10.0. The highest BCUT2D eigenvalue weighted by Gasteiger charge is 1.98. The molecular formula is C15H14O. The van der Waals surface area contributed by atoms with Gasteiger partial charge in [-0.2, -0.15) is 0 Å². The summed E-state index contributed by atoms with van der Waals surface area (Å²) in [4.78, 5) is 0. The predicted octanol–water partition coefficient (Wildman–Crippen LogP) is 3.22. The van der Waals surface area contributed by atoms with E-state index in [1.54, 1.807) is 0 Å². The van der Waals surface area contributed by atoms with Gasteiger partial charge in [0.05, 0.1) is 6.61 Å². The highest BCUT2D eigenvalue weighted by molar-refractivity contribution is 5.81. The molecular weight excluding hydrogens is 196 g/mol. The first-order chi connectivity index (χ1) is 7.90. The SMILES string of the molecule is OC/C(=C/c1ccccc1)c1ccccc1. The van der Waals surface area contributed by atoms with Crippen LogP contribution in [0.1, 0.15) is 11.1 Å². The third kappa shape index (κ3) is 2.59. The second-order valence-corrected chi connectivity index (χ2v) is 3.60. The first kappa shape index (κ1) is 10.7. The van der Waals surface area contributed by atoms with Crippen molar-refractivity contribution in [2.75, 3.05) is 6.61 Å². The molecule has 0 saturated carbocycles. The van der Waals surface area contributed by atoms with Crippen LogP contribution in [0, 0.1) is 0 Å². The van der Waals surface area contributed by atoms with Crippen LogP contribution < -0.4 is 0 Å². The minimum atomic E-state index is 0.0545. The van der Waals surface area contributed by atoms with Gasteiger partial charge in [0.1, 0.15) is 0 Å². The molecule has 1 N–H and O–H groups in total.